The summed E-state index contributed by atoms with van der Waals surface area (Å²) in [4.78, 5) is 35.9. The molecular weight excluding hydrogens is 374 g/mol. The molecule has 156 valence electrons. The van der Waals surface area contributed by atoms with Crippen LogP contribution in [0.1, 0.15) is 56.2 Å². The highest BCUT2D eigenvalue weighted by Crippen LogP contribution is 2.32. The normalized spacial score (nSPS) is 15.4. The van der Waals surface area contributed by atoms with E-state index in [-0.39, 0.29) is 12.0 Å². The summed E-state index contributed by atoms with van der Waals surface area (Å²) in [5.74, 6) is -1.44. The molecule has 7 heteroatoms. The lowest BCUT2D eigenvalue weighted by molar-refractivity contribution is -0.308. The van der Waals surface area contributed by atoms with Gasteiger partial charge in [-0.05, 0) is 63.6 Å². The smallest absolute Gasteiger partial charge is 0.339 e. The van der Waals surface area contributed by atoms with E-state index in [4.69, 9.17) is 9.15 Å². The SMILES string of the molecule is CCC[C@@H](NC(=O)[C@@H](C)Oc1ccc2c3c(c(=O)oc2c1C)CCCC3)C(=O)[O-]. The van der Waals surface area contributed by atoms with Gasteiger partial charge >= 0.3 is 5.63 Å². The van der Waals surface area contributed by atoms with Crippen LogP contribution in [-0.2, 0) is 22.4 Å². The van der Waals surface area contributed by atoms with E-state index < -0.39 is 24.0 Å². The van der Waals surface area contributed by atoms with Crippen molar-refractivity contribution in [3.05, 3.63) is 39.2 Å². The first-order valence-electron chi connectivity index (χ1n) is 10.1. The molecule has 29 heavy (non-hydrogen) atoms. The Bertz CT molecular complexity index is 993. The van der Waals surface area contributed by atoms with Gasteiger partial charge in [0.05, 0.1) is 12.0 Å². The van der Waals surface area contributed by atoms with Crippen LogP contribution < -0.4 is 20.8 Å². The molecular formula is C22H26NO6-. The maximum absolute atomic E-state index is 12.4. The molecule has 0 aliphatic heterocycles. The van der Waals surface area contributed by atoms with Crippen LogP contribution in [0.25, 0.3) is 11.0 Å². The number of carboxylic acid groups (broad SMARTS) is 1. The van der Waals surface area contributed by atoms with Crippen LogP contribution in [0, 0.1) is 6.92 Å². The number of hydrogen-bond acceptors (Lipinski definition) is 6. The van der Waals surface area contributed by atoms with Crippen molar-refractivity contribution in [2.24, 2.45) is 0 Å². The van der Waals surface area contributed by atoms with Crippen molar-refractivity contribution in [2.75, 3.05) is 0 Å². The topological polar surface area (TPSA) is 109 Å². The molecule has 1 aromatic carbocycles. The predicted molar refractivity (Wildman–Crippen MR) is 106 cm³/mol. The zero-order valence-electron chi connectivity index (χ0n) is 17.0. The second-order valence-corrected chi connectivity index (χ2v) is 7.55. The summed E-state index contributed by atoms with van der Waals surface area (Å²) in [6.45, 7) is 5.15. The number of benzene rings is 1. The zero-order valence-corrected chi connectivity index (χ0v) is 17.0. The fourth-order valence-electron chi connectivity index (χ4n) is 3.82. The van der Waals surface area contributed by atoms with Crippen molar-refractivity contribution in [2.45, 2.75) is 71.4 Å². The Hall–Kier alpha value is -2.83. The number of amides is 1. The van der Waals surface area contributed by atoms with E-state index in [0.717, 1.165) is 42.2 Å². The molecule has 0 saturated carbocycles. The molecule has 0 unspecified atom stereocenters. The van der Waals surface area contributed by atoms with Crippen LogP contribution in [0.4, 0.5) is 0 Å². The summed E-state index contributed by atoms with van der Waals surface area (Å²) in [5.41, 5.74) is 2.60. The van der Waals surface area contributed by atoms with Gasteiger partial charge in [-0.25, -0.2) is 4.79 Å². The summed E-state index contributed by atoms with van der Waals surface area (Å²) < 4.78 is 11.3. The van der Waals surface area contributed by atoms with E-state index in [1.54, 1.807) is 19.9 Å². The number of nitrogens with one attached hydrogen (secondary N) is 1. The van der Waals surface area contributed by atoms with E-state index in [0.29, 0.717) is 23.3 Å². The third-order valence-corrected chi connectivity index (χ3v) is 5.44. The summed E-state index contributed by atoms with van der Waals surface area (Å²) in [7, 11) is 0. The lowest BCUT2D eigenvalue weighted by Crippen LogP contribution is -2.51. The van der Waals surface area contributed by atoms with Crippen molar-refractivity contribution in [3.63, 3.8) is 0 Å². The minimum absolute atomic E-state index is 0.284. The fourth-order valence-corrected chi connectivity index (χ4v) is 3.82. The molecule has 0 fully saturated rings. The van der Waals surface area contributed by atoms with E-state index in [1.807, 2.05) is 13.0 Å². The van der Waals surface area contributed by atoms with E-state index in [9.17, 15) is 19.5 Å². The Kier molecular flexibility index (Phi) is 6.25. The van der Waals surface area contributed by atoms with Crippen molar-refractivity contribution in [3.8, 4) is 5.75 Å². The Morgan fingerprint density at radius 3 is 2.59 bits per heavy atom. The van der Waals surface area contributed by atoms with E-state index >= 15 is 0 Å². The van der Waals surface area contributed by atoms with Gasteiger partial charge in [0.25, 0.3) is 5.91 Å². The van der Waals surface area contributed by atoms with Gasteiger partial charge in [0.15, 0.2) is 6.10 Å². The molecule has 2 atom stereocenters. The summed E-state index contributed by atoms with van der Waals surface area (Å²) >= 11 is 0. The third-order valence-electron chi connectivity index (χ3n) is 5.44. The van der Waals surface area contributed by atoms with Crippen LogP contribution >= 0.6 is 0 Å². The molecule has 0 spiro atoms. The highest BCUT2D eigenvalue weighted by atomic mass is 16.5. The Morgan fingerprint density at radius 1 is 1.24 bits per heavy atom. The van der Waals surface area contributed by atoms with Crippen molar-refractivity contribution < 1.29 is 23.8 Å². The number of ether oxygens (including phenoxy) is 1. The molecule has 1 heterocycles. The Labute approximate surface area is 169 Å². The molecule has 7 nitrogen and oxygen atoms in total. The van der Waals surface area contributed by atoms with Gasteiger partial charge < -0.3 is 24.4 Å². The van der Waals surface area contributed by atoms with Crippen molar-refractivity contribution in [1.29, 1.82) is 0 Å². The number of carboxylic acids is 1. The number of aryl methyl sites for hydroxylation is 2. The highest BCUT2D eigenvalue weighted by Gasteiger charge is 2.23. The second kappa shape index (κ2) is 8.68. The number of hydrogen-bond donors (Lipinski definition) is 1. The van der Waals surface area contributed by atoms with Crippen LogP contribution in [0.2, 0.25) is 0 Å². The molecule has 0 bridgehead atoms. The molecule has 1 N–H and O–H groups in total. The molecule has 1 aromatic heterocycles. The fraction of sp³-hybridized carbons (Fsp3) is 0.500. The van der Waals surface area contributed by atoms with Gasteiger partial charge in [-0.2, -0.15) is 0 Å². The standard InChI is InChI=1S/C22H27NO6/c1-4-7-17(21(25)26)23-20(24)13(3)28-18-11-10-15-14-8-5-6-9-16(14)22(27)29-19(15)12(18)2/h10-11,13,17H,4-9H2,1-3H3,(H,23,24)(H,25,26)/p-1/t13-,17-/m1/s1. The van der Waals surface area contributed by atoms with Gasteiger partial charge in [0, 0.05) is 16.5 Å². The minimum Gasteiger partial charge on any atom is -0.548 e. The lowest BCUT2D eigenvalue weighted by Gasteiger charge is -2.23. The van der Waals surface area contributed by atoms with E-state index in [1.165, 1.54) is 0 Å². The average Bonchev–Trinajstić information content (AvgIpc) is 2.70. The zero-order chi connectivity index (χ0) is 21.1. The first-order chi connectivity index (χ1) is 13.8. The monoisotopic (exact) mass is 400 g/mol. The molecule has 0 radical (unpaired) electrons. The van der Waals surface area contributed by atoms with Gasteiger partial charge in [0.1, 0.15) is 11.3 Å². The van der Waals surface area contributed by atoms with Gasteiger partial charge in [-0.3, -0.25) is 4.79 Å². The molecule has 1 aliphatic carbocycles. The van der Waals surface area contributed by atoms with Crippen molar-refractivity contribution in [1.82, 2.24) is 5.32 Å². The Balaban J connectivity index is 1.85. The number of carbonyl (C=O) groups excluding carboxylic acids is 2. The lowest BCUT2D eigenvalue weighted by atomic mass is 9.90. The van der Waals surface area contributed by atoms with Crippen LogP contribution in [0.3, 0.4) is 0 Å². The number of aliphatic carboxylic acids is 1. The summed E-state index contributed by atoms with van der Waals surface area (Å²) in [6, 6.07) is 2.57. The highest BCUT2D eigenvalue weighted by molar-refractivity contribution is 5.87. The van der Waals surface area contributed by atoms with Gasteiger partial charge in [-0.1, -0.05) is 13.3 Å². The number of rotatable bonds is 7. The maximum atomic E-state index is 12.4. The van der Waals surface area contributed by atoms with Gasteiger partial charge in [-0.15, -0.1) is 0 Å². The van der Waals surface area contributed by atoms with E-state index in [2.05, 4.69) is 5.32 Å². The molecule has 1 aliphatic rings. The van der Waals surface area contributed by atoms with Gasteiger partial charge in [0.2, 0.25) is 0 Å². The number of carbonyl (C=O) groups is 2. The largest absolute Gasteiger partial charge is 0.548 e. The molecule has 0 saturated heterocycles. The summed E-state index contributed by atoms with van der Waals surface area (Å²) in [6.07, 6.45) is 3.57. The van der Waals surface area contributed by atoms with Crippen LogP contribution in [0.5, 0.6) is 5.75 Å². The van der Waals surface area contributed by atoms with Crippen LogP contribution in [0.15, 0.2) is 21.3 Å². The molecule has 1 amide bonds. The quantitative estimate of drug-likeness (QED) is 0.710. The first-order valence-corrected chi connectivity index (χ1v) is 10.1. The Morgan fingerprint density at radius 2 is 1.93 bits per heavy atom. The minimum atomic E-state index is -1.32. The number of fused-ring (bicyclic) bond motifs is 3. The second-order valence-electron chi connectivity index (χ2n) is 7.55. The maximum Gasteiger partial charge on any atom is 0.339 e. The summed E-state index contributed by atoms with van der Waals surface area (Å²) in [5, 5.41) is 14.5. The average molecular weight is 400 g/mol. The molecule has 3 rings (SSSR count). The molecule has 2 aromatic rings. The van der Waals surface area contributed by atoms with Crippen molar-refractivity contribution >= 4 is 22.8 Å². The van der Waals surface area contributed by atoms with Crippen LogP contribution in [-0.4, -0.2) is 24.0 Å². The third kappa shape index (κ3) is 4.28. The predicted octanol–water partition coefficient (Wildman–Crippen LogP) is 1.78. The first kappa shape index (κ1) is 20.9.